The number of aliphatic imine (C=N–C) groups is 1. The highest BCUT2D eigenvalue weighted by Gasteiger charge is 2.12. The van der Waals surface area contributed by atoms with Crippen molar-refractivity contribution in [1.82, 2.24) is 25.5 Å². The van der Waals surface area contributed by atoms with E-state index < -0.39 is 0 Å². The fourth-order valence-corrected chi connectivity index (χ4v) is 2.44. The van der Waals surface area contributed by atoms with E-state index in [1.807, 2.05) is 24.1 Å². The van der Waals surface area contributed by atoms with Crippen LogP contribution in [0.2, 0.25) is 5.02 Å². The van der Waals surface area contributed by atoms with Gasteiger partial charge in [0.05, 0.1) is 13.1 Å². The minimum absolute atomic E-state index is 0.351. The van der Waals surface area contributed by atoms with Crippen LogP contribution in [0, 0.1) is 0 Å². The molecule has 0 aliphatic carbocycles. The van der Waals surface area contributed by atoms with Crippen molar-refractivity contribution >= 4 is 17.6 Å². The van der Waals surface area contributed by atoms with Crippen molar-refractivity contribution in [2.75, 3.05) is 14.1 Å². The maximum atomic E-state index is 5.98. The third-order valence-electron chi connectivity index (χ3n) is 3.41. The molecule has 2 aromatic heterocycles. The molecule has 1 N–H and O–H groups in total. The van der Waals surface area contributed by atoms with Gasteiger partial charge in [-0.1, -0.05) is 34.0 Å². The first-order valence-corrected chi connectivity index (χ1v) is 7.93. The number of aromatic nitrogens is 3. The zero-order chi connectivity index (χ0) is 17.6. The Morgan fingerprint density at radius 1 is 1.32 bits per heavy atom. The van der Waals surface area contributed by atoms with Crippen molar-refractivity contribution in [2.45, 2.75) is 13.1 Å². The number of halogens is 1. The number of rotatable bonds is 5. The van der Waals surface area contributed by atoms with Gasteiger partial charge in [-0.2, -0.15) is 4.98 Å². The van der Waals surface area contributed by atoms with Gasteiger partial charge in [0.2, 0.25) is 11.7 Å². The van der Waals surface area contributed by atoms with Crippen molar-refractivity contribution in [2.24, 2.45) is 4.99 Å². The topological polar surface area (TPSA) is 92.6 Å². The molecule has 2 heterocycles. The van der Waals surface area contributed by atoms with Crippen molar-refractivity contribution < 1.29 is 9.05 Å². The Morgan fingerprint density at radius 2 is 2.20 bits per heavy atom. The van der Waals surface area contributed by atoms with Crippen LogP contribution >= 0.6 is 11.6 Å². The van der Waals surface area contributed by atoms with E-state index in [4.69, 9.17) is 20.6 Å². The summed E-state index contributed by atoms with van der Waals surface area (Å²) in [7, 11) is 3.60. The molecule has 1 aromatic carbocycles. The normalized spacial score (nSPS) is 11.6. The van der Waals surface area contributed by atoms with Crippen LogP contribution in [0.4, 0.5) is 0 Å². The van der Waals surface area contributed by atoms with Gasteiger partial charge in [-0.15, -0.1) is 0 Å². The van der Waals surface area contributed by atoms with Crippen LogP contribution in [0.5, 0.6) is 0 Å². The van der Waals surface area contributed by atoms with E-state index in [-0.39, 0.29) is 0 Å². The van der Waals surface area contributed by atoms with Gasteiger partial charge in [0.25, 0.3) is 0 Å². The van der Waals surface area contributed by atoms with E-state index in [2.05, 4.69) is 25.6 Å². The third-order valence-corrected chi connectivity index (χ3v) is 3.65. The van der Waals surface area contributed by atoms with Gasteiger partial charge in [-0.25, -0.2) is 0 Å². The zero-order valence-corrected chi connectivity index (χ0v) is 14.6. The van der Waals surface area contributed by atoms with Crippen LogP contribution in [-0.2, 0) is 13.1 Å². The predicted octanol–water partition coefficient (Wildman–Crippen LogP) is 2.59. The quantitative estimate of drug-likeness (QED) is 0.552. The van der Waals surface area contributed by atoms with E-state index in [1.165, 1.54) is 6.26 Å². The Morgan fingerprint density at radius 3 is 2.92 bits per heavy atom. The maximum Gasteiger partial charge on any atom is 0.246 e. The van der Waals surface area contributed by atoms with E-state index in [1.54, 1.807) is 25.2 Å². The summed E-state index contributed by atoms with van der Waals surface area (Å²) >= 11 is 5.98. The standard InChI is InChI=1S/C16H17ClN6O2/c1-18-16(23(2)10-13-6-7-24-21-13)19-9-14-20-15(22-25-14)11-4-3-5-12(17)8-11/h3-8H,9-10H2,1-2H3,(H,18,19). The summed E-state index contributed by atoms with van der Waals surface area (Å²) in [5.41, 5.74) is 1.61. The fourth-order valence-electron chi connectivity index (χ4n) is 2.25. The molecule has 0 radical (unpaired) electrons. The molecule has 0 saturated heterocycles. The molecule has 0 amide bonds. The Bertz CT molecular complexity index is 846. The summed E-state index contributed by atoms with van der Waals surface area (Å²) in [6, 6.07) is 9.10. The maximum absolute atomic E-state index is 5.98. The van der Waals surface area contributed by atoms with E-state index >= 15 is 0 Å². The summed E-state index contributed by atoms with van der Waals surface area (Å²) < 4.78 is 10.1. The molecule has 25 heavy (non-hydrogen) atoms. The first-order chi connectivity index (χ1) is 12.2. The minimum atomic E-state index is 0.351. The lowest BCUT2D eigenvalue weighted by molar-refractivity contribution is 0.368. The summed E-state index contributed by atoms with van der Waals surface area (Å²) in [5, 5.41) is 11.7. The summed E-state index contributed by atoms with van der Waals surface area (Å²) in [6.07, 6.45) is 1.54. The summed E-state index contributed by atoms with van der Waals surface area (Å²) in [5.74, 6) is 1.61. The summed E-state index contributed by atoms with van der Waals surface area (Å²) in [6.45, 7) is 0.914. The van der Waals surface area contributed by atoms with Crippen LogP contribution in [0.3, 0.4) is 0 Å². The molecule has 3 rings (SSSR count). The third kappa shape index (κ3) is 4.36. The monoisotopic (exact) mass is 360 g/mol. The smallest absolute Gasteiger partial charge is 0.246 e. The first kappa shape index (κ1) is 17.0. The van der Waals surface area contributed by atoms with Crippen LogP contribution in [0.15, 0.2) is 50.6 Å². The number of benzene rings is 1. The van der Waals surface area contributed by atoms with E-state index in [0.717, 1.165) is 11.3 Å². The predicted molar refractivity (Wildman–Crippen MR) is 92.9 cm³/mol. The molecule has 3 aromatic rings. The average molecular weight is 361 g/mol. The lowest BCUT2D eigenvalue weighted by atomic mass is 10.2. The molecule has 0 atom stereocenters. The van der Waals surface area contributed by atoms with Crippen LogP contribution < -0.4 is 5.32 Å². The highest BCUT2D eigenvalue weighted by atomic mass is 35.5. The molecule has 0 unspecified atom stereocenters. The van der Waals surface area contributed by atoms with Gasteiger partial charge in [-0.05, 0) is 12.1 Å². The number of nitrogens with zero attached hydrogens (tertiary/aromatic N) is 5. The van der Waals surface area contributed by atoms with E-state index in [9.17, 15) is 0 Å². The second-order valence-electron chi connectivity index (χ2n) is 5.27. The van der Waals surface area contributed by atoms with Gasteiger partial charge in [-0.3, -0.25) is 4.99 Å². The lowest BCUT2D eigenvalue weighted by Crippen LogP contribution is -2.38. The molecule has 130 valence electrons. The molecule has 8 nitrogen and oxygen atoms in total. The molecule has 0 fully saturated rings. The van der Waals surface area contributed by atoms with Crippen molar-refractivity contribution in [3.63, 3.8) is 0 Å². The average Bonchev–Trinajstić information content (AvgIpc) is 3.27. The molecule has 0 aliphatic heterocycles. The Hall–Kier alpha value is -2.87. The van der Waals surface area contributed by atoms with Crippen molar-refractivity contribution in [1.29, 1.82) is 0 Å². The Labute approximate surface area is 149 Å². The highest BCUT2D eigenvalue weighted by molar-refractivity contribution is 6.30. The largest absolute Gasteiger partial charge is 0.364 e. The number of nitrogens with one attached hydrogen (secondary N) is 1. The lowest BCUT2D eigenvalue weighted by Gasteiger charge is -2.20. The zero-order valence-electron chi connectivity index (χ0n) is 13.8. The number of hydrogen-bond acceptors (Lipinski definition) is 6. The van der Waals surface area contributed by atoms with Crippen LogP contribution in [0.1, 0.15) is 11.6 Å². The first-order valence-electron chi connectivity index (χ1n) is 7.55. The summed E-state index contributed by atoms with van der Waals surface area (Å²) in [4.78, 5) is 10.5. The highest BCUT2D eigenvalue weighted by Crippen LogP contribution is 2.19. The molecular formula is C16H17ClN6O2. The second-order valence-corrected chi connectivity index (χ2v) is 5.71. The van der Waals surface area contributed by atoms with Crippen LogP contribution in [-0.4, -0.2) is 40.3 Å². The minimum Gasteiger partial charge on any atom is -0.364 e. The van der Waals surface area contributed by atoms with E-state index in [0.29, 0.717) is 35.8 Å². The van der Waals surface area contributed by atoms with Crippen LogP contribution in [0.25, 0.3) is 11.4 Å². The second kappa shape index (κ2) is 7.80. The Kier molecular flexibility index (Phi) is 5.30. The molecule has 0 aliphatic rings. The molecular weight excluding hydrogens is 344 g/mol. The molecule has 9 heteroatoms. The Balaban J connectivity index is 1.61. The van der Waals surface area contributed by atoms with Crippen molar-refractivity contribution in [3.8, 4) is 11.4 Å². The molecule has 0 bridgehead atoms. The molecule has 0 saturated carbocycles. The SMILES string of the molecule is CN=C(NCc1nc(-c2cccc(Cl)c2)no1)N(C)Cc1ccon1. The van der Waals surface area contributed by atoms with Gasteiger partial charge in [0.15, 0.2) is 5.96 Å². The van der Waals surface area contributed by atoms with Crippen molar-refractivity contribution in [3.05, 3.63) is 53.2 Å². The number of hydrogen-bond donors (Lipinski definition) is 1. The van der Waals surface area contributed by atoms with Gasteiger partial charge in [0.1, 0.15) is 12.0 Å². The number of guanidine groups is 1. The van der Waals surface area contributed by atoms with Gasteiger partial charge < -0.3 is 19.3 Å². The van der Waals surface area contributed by atoms with Gasteiger partial charge in [0, 0.05) is 30.7 Å². The molecule has 0 spiro atoms. The van der Waals surface area contributed by atoms with Gasteiger partial charge >= 0.3 is 0 Å². The fraction of sp³-hybridized carbons (Fsp3) is 0.250.